The Bertz CT molecular complexity index is 2600. The molecule has 4 N–H and O–H groups in total. The molecule has 2 aromatic heterocycles. The molecule has 4 fully saturated rings. The number of aliphatic hydroxyl groups is 1. The van der Waals surface area contributed by atoms with Crippen molar-refractivity contribution >= 4 is 38.3 Å². The number of pyridine rings is 1. The Morgan fingerprint density at radius 2 is 1.82 bits per heavy atom. The van der Waals surface area contributed by atoms with Gasteiger partial charge in [-0.2, -0.15) is 4.98 Å². The minimum absolute atomic E-state index is 0.0413. The summed E-state index contributed by atoms with van der Waals surface area (Å²) < 4.78 is 55.9. The summed E-state index contributed by atoms with van der Waals surface area (Å²) in [5.41, 5.74) is 2.35. The lowest BCUT2D eigenvalue weighted by Gasteiger charge is -2.57. The van der Waals surface area contributed by atoms with Crippen molar-refractivity contribution in [3.8, 4) is 11.6 Å². The number of allylic oxidation sites excluding steroid dienone is 2. The van der Waals surface area contributed by atoms with Gasteiger partial charge in [0.15, 0.2) is 5.75 Å². The number of nitro groups is 1. The number of hydrogen-bond acceptors (Lipinski definition) is 12. The van der Waals surface area contributed by atoms with Crippen LogP contribution in [0.1, 0.15) is 108 Å². The number of fused-ring (bicyclic) bond motifs is 1. The molecule has 360 valence electrons. The summed E-state index contributed by atoms with van der Waals surface area (Å²) in [5.74, 6) is -0.251. The van der Waals surface area contributed by atoms with Crippen molar-refractivity contribution in [2.24, 2.45) is 11.3 Å². The van der Waals surface area contributed by atoms with Gasteiger partial charge in [-0.3, -0.25) is 19.8 Å². The molecule has 4 aliphatic rings. The second kappa shape index (κ2) is 20.0. The van der Waals surface area contributed by atoms with E-state index >= 15 is 0 Å². The summed E-state index contributed by atoms with van der Waals surface area (Å²) in [6.45, 7) is 12.1. The lowest BCUT2D eigenvalue weighted by molar-refractivity contribution is -0.384. The van der Waals surface area contributed by atoms with E-state index in [0.29, 0.717) is 37.3 Å². The largest absolute Gasteiger partial charge is 0.483 e. The lowest BCUT2D eigenvalue weighted by atomic mass is 9.70. The Hall–Kier alpha value is -5.52. The van der Waals surface area contributed by atoms with Gasteiger partial charge < -0.3 is 29.8 Å². The third-order valence-electron chi connectivity index (χ3n) is 14.5. The molecule has 0 unspecified atom stereocenters. The molecule has 8 rings (SSSR count). The topological polar surface area (TPSA) is 192 Å². The first-order chi connectivity index (χ1) is 32.0. The van der Waals surface area contributed by atoms with Crippen LogP contribution in [-0.2, 0) is 14.8 Å². The maximum Gasteiger partial charge on any atom is 0.293 e. The van der Waals surface area contributed by atoms with Crippen molar-refractivity contribution in [3.05, 3.63) is 106 Å². The van der Waals surface area contributed by atoms with Gasteiger partial charge in [-0.1, -0.05) is 44.5 Å². The molecule has 2 aromatic carbocycles. The fourth-order valence-corrected chi connectivity index (χ4v) is 11.6. The van der Waals surface area contributed by atoms with Gasteiger partial charge in [-0.15, -0.1) is 0 Å². The Balaban J connectivity index is 0.948. The highest BCUT2D eigenvalue weighted by Crippen LogP contribution is 2.48. The van der Waals surface area contributed by atoms with Gasteiger partial charge in [0.1, 0.15) is 23.8 Å². The van der Waals surface area contributed by atoms with Crippen LogP contribution < -0.4 is 19.5 Å². The van der Waals surface area contributed by atoms with Crippen LogP contribution in [0.15, 0.2) is 83.5 Å². The molecular formula is C50H64FN7O8S. The van der Waals surface area contributed by atoms with Crippen LogP contribution in [0.3, 0.4) is 0 Å². The van der Waals surface area contributed by atoms with Crippen LogP contribution in [0.25, 0.3) is 11.0 Å². The number of nitrogens with zero attached hydrogens (tertiary/aromatic N) is 4. The van der Waals surface area contributed by atoms with E-state index in [1.165, 1.54) is 54.7 Å². The van der Waals surface area contributed by atoms with Crippen LogP contribution in [0.4, 0.5) is 15.8 Å². The van der Waals surface area contributed by atoms with Crippen molar-refractivity contribution in [2.75, 3.05) is 51.3 Å². The zero-order valence-corrected chi connectivity index (χ0v) is 39.7. The molecule has 2 saturated carbocycles. The highest BCUT2D eigenvalue weighted by molar-refractivity contribution is 7.90. The van der Waals surface area contributed by atoms with Crippen LogP contribution in [0, 0.1) is 27.3 Å². The summed E-state index contributed by atoms with van der Waals surface area (Å²) >= 11 is 0. The average Bonchev–Trinajstić information content (AvgIpc) is 3.92. The molecule has 15 nitrogen and oxygen atoms in total. The number of carbonyl (C=O) groups excluding carboxylic acids is 1. The van der Waals surface area contributed by atoms with Gasteiger partial charge in [-0.05, 0) is 136 Å². The van der Waals surface area contributed by atoms with Crippen molar-refractivity contribution in [1.29, 1.82) is 0 Å². The number of nitro benzene ring substituents is 1. The molecule has 2 aliphatic carbocycles. The van der Waals surface area contributed by atoms with Gasteiger partial charge in [0.25, 0.3) is 27.5 Å². The fraction of sp³-hybridized carbons (Fsp3) is 0.520. The summed E-state index contributed by atoms with van der Waals surface area (Å²) in [7, 11) is -4.63. The van der Waals surface area contributed by atoms with Gasteiger partial charge in [0.05, 0.1) is 33.0 Å². The van der Waals surface area contributed by atoms with E-state index in [2.05, 4.69) is 67.9 Å². The van der Waals surface area contributed by atoms with E-state index in [1.807, 2.05) is 6.20 Å². The van der Waals surface area contributed by atoms with Crippen LogP contribution in [-0.4, -0.2) is 102 Å². The van der Waals surface area contributed by atoms with E-state index in [-0.39, 0.29) is 51.9 Å². The van der Waals surface area contributed by atoms with E-state index in [1.54, 1.807) is 19.9 Å². The first kappa shape index (κ1) is 48.0. The molecule has 1 amide bonds. The number of rotatable bonds is 17. The SMILES string of the molecule is CCOc1nc2[nH]cc(F)c2cc1OC/C(=C\C=C\N1CCC2(CC1)CN([C@@H]1CCC[C@@H]1c1ccccc1C(C)C)C2)C(=O)NS(=O)(=O)c1ccc(NCC2CCC(C)(O)CC2)c([N+](=O)[O-])c1. The number of H-pyrrole nitrogens is 1. The highest BCUT2D eigenvalue weighted by Gasteiger charge is 2.49. The molecule has 1 spiro atoms. The van der Waals surface area contributed by atoms with Crippen molar-refractivity contribution in [1.82, 2.24) is 24.5 Å². The summed E-state index contributed by atoms with van der Waals surface area (Å²) in [6, 6.07) is 14.4. The number of aromatic amines is 1. The van der Waals surface area contributed by atoms with Crippen molar-refractivity contribution in [3.63, 3.8) is 0 Å². The first-order valence-corrected chi connectivity index (χ1v) is 25.2. The zero-order chi connectivity index (χ0) is 47.5. The second-order valence-electron chi connectivity index (χ2n) is 19.6. The van der Waals surface area contributed by atoms with Gasteiger partial charge in [-0.25, -0.2) is 17.5 Å². The number of hydrogen-bond donors (Lipinski definition) is 4. The molecule has 2 aliphatic heterocycles. The monoisotopic (exact) mass is 941 g/mol. The number of piperidine rings is 1. The van der Waals surface area contributed by atoms with E-state index in [4.69, 9.17) is 9.47 Å². The van der Waals surface area contributed by atoms with Gasteiger partial charge in [0.2, 0.25) is 0 Å². The molecular weight excluding hydrogens is 878 g/mol. The quantitative estimate of drug-likeness (QED) is 0.0342. The number of amides is 1. The van der Waals surface area contributed by atoms with Crippen molar-refractivity contribution < 1.29 is 37.1 Å². The number of sulfonamides is 1. The lowest BCUT2D eigenvalue weighted by Crippen LogP contribution is -2.63. The fourth-order valence-electron chi connectivity index (χ4n) is 10.6. The zero-order valence-electron chi connectivity index (χ0n) is 38.9. The summed E-state index contributed by atoms with van der Waals surface area (Å²) in [4.78, 5) is 37.0. The van der Waals surface area contributed by atoms with Crippen molar-refractivity contribution in [2.45, 2.75) is 114 Å². The number of nitrogens with one attached hydrogen (secondary N) is 3. The predicted molar refractivity (Wildman–Crippen MR) is 255 cm³/mol. The first-order valence-electron chi connectivity index (χ1n) is 23.7. The maximum atomic E-state index is 14.6. The van der Waals surface area contributed by atoms with Gasteiger partial charge >= 0.3 is 0 Å². The second-order valence-corrected chi connectivity index (χ2v) is 21.3. The molecule has 17 heteroatoms. The number of halogens is 1. The Morgan fingerprint density at radius 1 is 1.07 bits per heavy atom. The number of benzene rings is 2. The standard InChI is InChI=1S/C50H64FN7O8S/c1-5-65-48-45(27-40-41(51)29-53-46(40)54-48)66-30-35(47(59)55-67(63,64)36-15-16-42(44(26-36)58(61)62)52-28-34-17-19-49(4,60)20-18-34)10-9-23-56-24-21-50(22-25-56)31-57(32-50)43-14-8-13-39(43)38-12-7-6-11-37(38)33(2)3/h6-7,9-12,15-16,23,26-27,29,33-34,39,43,52,60H,5,8,13-14,17-22,24-25,28,30-32H2,1-4H3,(H,53,54)(H,55,59)/b23-9+,35-10+/t34?,39-,43-,49?/m1/s1. The molecule has 0 bridgehead atoms. The van der Waals surface area contributed by atoms with Crippen LogP contribution >= 0.6 is 0 Å². The Labute approximate surface area is 392 Å². The Morgan fingerprint density at radius 3 is 2.54 bits per heavy atom. The smallest absolute Gasteiger partial charge is 0.293 e. The third-order valence-corrected chi connectivity index (χ3v) is 15.8. The van der Waals surface area contributed by atoms with E-state index in [9.17, 15) is 32.8 Å². The number of ether oxygens (including phenoxy) is 2. The maximum absolute atomic E-state index is 14.6. The predicted octanol–water partition coefficient (Wildman–Crippen LogP) is 8.54. The molecule has 2 saturated heterocycles. The van der Waals surface area contributed by atoms with Gasteiger partial charge in [0, 0.05) is 51.0 Å². The molecule has 4 aromatic rings. The molecule has 4 heterocycles. The normalized spacial score (nSPS) is 23.5. The molecule has 0 radical (unpaired) electrons. The summed E-state index contributed by atoms with van der Waals surface area (Å²) in [5, 5.41) is 25.7. The summed E-state index contributed by atoms with van der Waals surface area (Å²) in [6.07, 6.45) is 14.7. The number of carbonyl (C=O) groups is 1. The third kappa shape index (κ3) is 10.9. The number of likely N-dealkylation sites (tertiary alicyclic amines) is 2. The highest BCUT2D eigenvalue weighted by atomic mass is 32.2. The van der Waals surface area contributed by atoms with Crippen LogP contribution in [0.2, 0.25) is 0 Å². The number of anilines is 1. The number of aromatic nitrogens is 2. The minimum Gasteiger partial charge on any atom is -0.483 e. The Kier molecular flexibility index (Phi) is 14.3. The molecule has 2 atom stereocenters. The van der Waals surface area contributed by atoms with E-state index in [0.717, 1.165) is 64.1 Å². The van der Waals surface area contributed by atoms with Crippen LogP contribution in [0.5, 0.6) is 11.6 Å². The average molecular weight is 942 g/mol. The minimum atomic E-state index is -4.63. The van der Waals surface area contributed by atoms with E-state index < -0.39 is 49.5 Å². The molecule has 67 heavy (non-hydrogen) atoms.